The number of hydrogen-bond acceptors (Lipinski definition) is 4. The predicted octanol–water partition coefficient (Wildman–Crippen LogP) is 2.35. The van der Waals surface area contributed by atoms with Crippen LogP contribution in [0.3, 0.4) is 0 Å². The monoisotopic (exact) mass is 326 g/mol. The first-order valence-electron chi connectivity index (χ1n) is 7.66. The van der Waals surface area contributed by atoms with Crippen LogP contribution < -0.4 is 20.1 Å². The van der Waals surface area contributed by atoms with Crippen LogP contribution in [0.4, 0.5) is 5.69 Å². The van der Waals surface area contributed by atoms with Crippen molar-refractivity contribution in [2.24, 2.45) is 0 Å². The van der Waals surface area contributed by atoms with Crippen molar-refractivity contribution in [3.05, 3.63) is 53.6 Å². The normalized spacial score (nSPS) is 12.4. The Morgan fingerprint density at radius 2 is 1.71 bits per heavy atom. The third-order valence-corrected chi connectivity index (χ3v) is 3.53. The molecule has 0 aromatic heterocycles. The van der Waals surface area contributed by atoms with Gasteiger partial charge in [-0.05, 0) is 35.9 Å². The summed E-state index contributed by atoms with van der Waals surface area (Å²) >= 11 is 0. The minimum atomic E-state index is -0.182. The number of carbonyl (C=O) groups is 2. The van der Waals surface area contributed by atoms with Crippen molar-refractivity contribution in [2.45, 2.75) is 13.5 Å². The Morgan fingerprint density at radius 3 is 2.42 bits per heavy atom. The van der Waals surface area contributed by atoms with Gasteiger partial charge in [-0.15, -0.1) is 0 Å². The largest absolute Gasteiger partial charge is 0.486 e. The van der Waals surface area contributed by atoms with Gasteiger partial charge < -0.3 is 20.1 Å². The number of amides is 2. The Bertz CT molecular complexity index is 756. The molecule has 0 fully saturated rings. The van der Waals surface area contributed by atoms with Crippen LogP contribution >= 0.6 is 0 Å². The van der Waals surface area contributed by atoms with E-state index in [9.17, 15) is 9.59 Å². The zero-order chi connectivity index (χ0) is 16.9. The van der Waals surface area contributed by atoms with Gasteiger partial charge in [0, 0.05) is 24.7 Å². The second kappa shape index (κ2) is 7.04. The average Bonchev–Trinajstić information content (AvgIpc) is 2.60. The maximum absolute atomic E-state index is 12.3. The fourth-order valence-corrected chi connectivity index (χ4v) is 2.38. The highest BCUT2D eigenvalue weighted by Crippen LogP contribution is 2.30. The lowest BCUT2D eigenvalue weighted by molar-refractivity contribution is -0.114. The summed E-state index contributed by atoms with van der Waals surface area (Å²) in [4.78, 5) is 23.2. The van der Waals surface area contributed by atoms with Gasteiger partial charge in [0.15, 0.2) is 11.5 Å². The van der Waals surface area contributed by atoms with Crippen molar-refractivity contribution in [2.75, 3.05) is 18.5 Å². The molecule has 2 aromatic carbocycles. The molecule has 0 saturated carbocycles. The van der Waals surface area contributed by atoms with E-state index in [1.165, 1.54) is 6.92 Å². The van der Waals surface area contributed by atoms with Crippen molar-refractivity contribution in [1.29, 1.82) is 0 Å². The number of benzene rings is 2. The maximum atomic E-state index is 12.3. The van der Waals surface area contributed by atoms with Crippen molar-refractivity contribution in [3.63, 3.8) is 0 Å². The van der Waals surface area contributed by atoms with Gasteiger partial charge in [-0.25, -0.2) is 0 Å². The molecule has 3 rings (SSSR count). The van der Waals surface area contributed by atoms with E-state index in [1.54, 1.807) is 30.3 Å². The average molecular weight is 326 g/mol. The minimum absolute atomic E-state index is 0.116. The fraction of sp³-hybridized carbons (Fsp3) is 0.222. The molecule has 24 heavy (non-hydrogen) atoms. The van der Waals surface area contributed by atoms with E-state index in [1.807, 2.05) is 12.1 Å². The zero-order valence-electron chi connectivity index (χ0n) is 13.3. The number of carbonyl (C=O) groups excluding carboxylic acids is 2. The van der Waals surface area contributed by atoms with Crippen LogP contribution in [0, 0.1) is 0 Å². The van der Waals surface area contributed by atoms with Crippen LogP contribution in [0.2, 0.25) is 0 Å². The summed E-state index contributed by atoms with van der Waals surface area (Å²) in [7, 11) is 0. The van der Waals surface area contributed by atoms with Gasteiger partial charge in [-0.3, -0.25) is 9.59 Å². The summed E-state index contributed by atoms with van der Waals surface area (Å²) in [5.74, 6) is 0.951. The molecule has 124 valence electrons. The highest BCUT2D eigenvalue weighted by Gasteiger charge is 2.14. The van der Waals surface area contributed by atoms with Gasteiger partial charge in [-0.1, -0.05) is 12.1 Å². The SMILES string of the molecule is CC(=O)Nc1ccc(CNC(=O)c2ccc3c(c2)OCCO3)cc1. The minimum Gasteiger partial charge on any atom is -0.486 e. The Labute approximate surface area is 139 Å². The van der Waals surface area contributed by atoms with Gasteiger partial charge in [0.1, 0.15) is 13.2 Å². The van der Waals surface area contributed by atoms with E-state index in [2.05, 4.69) is 10.6 Å². The van der Waals surface area contributed by atoms with Crippen LogP contribution in [0.5, 0.6) is 11.5 Å². The summed E-state index contributed by atoms with van der Waals surface area (Å²) in [5, 5.41) is 5.56. The van der Waals surface area contributed by atoms with Crippen LogP contribution in [-0.4, -0.2) is 25.0 Å². The molecule has 0 bridgehead atoms. The highest BCUT2D eigenvalue weighted by molar-refractivity contribution is 5.94. The predicted molar refractivity (Wildman–Crippen MR) is 89.3 cm³/mol. The van der Waals surface area contributed by atoms with Gasteiger partial charge in [0.05, 0.1) is 0 Å². The summed E-state index contributed by atoms with van der Waals surface area (Å²) < 4.78 is 10.9. The molecular formula is C18H18N2O4. The molecule has 0 spiro atoms. The second-order valence-corrected chi connectivity index (χ2v) is 5.42. The number of nitrogens with one attached hydrogen (secondary N) is 2. The summed E-state index contributed by atoms with van der Waals surface area (Å²) in [6.45, 7) is 2.86. The summed E-state index contributed by atoms with van der Waals surface area (Å²) in [5.41, 5.74) is 2.19. The molecule has 0 saturated heterocycles. The standard InChI is InChI=1S/C18H18N2O4/c1-12(21)20-15-5-2-13(3-6-15)11-19-18(22)14-4-7-16-17(10-14)24-9-8-23-16/h2-7,10H,8-9,11H2,1H3,(H,19,22)(H,20,21). The molecule has 6 heteroatoms. The first-order chi connectivity index (χ1) is 11.6. The van der Waals surface area contributed by atoms with Crippen LogP contribution in [0.25, 0.3) is 0 Å². The van der Waals surface area contributed by atoms with Crippen LogP contribution in [0.15, 0.2) is 42.5 Å². The molecule has 2 aromatic rings. The smallest absolute Gasteiger partial charge is 0.251 e. The molecule has 0 radical (unpaired) electrons. The topological polar surface area (TPSA) is 76.7 Å². The Morgan fingerprint density at radius 1 is 1.00 bits per heavy atom. The molecule has 1 aliphatic rings. The van der Waals surface area contributed by atoms with E-state index in [4.69, 9.17) is 9.47 Å². The van der Waals surface area contributed by atoms with Crippen molar-refractivity contribution in [1.82, 2.24) is 5.32 Å². The number of hydrogen-bond donors (Lipinski definition) is 2. The molecular weight excluding hydrogens is 308 g/mol. The third-order valence-electron chi connectivity index (χ3n) is 3.53. The molecule has 1 aliphatic heterocycles. The Hall–Kier alpha value is -3.02. The van der Waals surface area contributed by atoms with E-state index in [0.717, 1.165) is 11.3 Å². The van der Waals surface area contributed by atoms with Crippen LogP contribution in [-0.2, 0) is 11.3 Å². The number of ether oxygens (including phenoxy) is 2. The van der Waals surface area contributed by atoms with Gasteiger partial charge in [-0.2, -0.15) is 0 Å². The molecule has 2 N–H and O–H groups in total. The van der Waals surface area contributed by atoms with Gasteiger partial charge in [0.25, 0.3) is 5.91 Å². The molecule has 0 atom stereocenters. The number of rotatable bonds is 4. The van der Waals surface area contributed by atoms with E-state index < -0.39 is 0 Å². The fourth-order valence-electron chi connectivity index (χ4n) is 2.38. The lowest BCUT2D eigenvalue weighted by Gasteiger charge is -2.18. The first kappa shape index (κ1) is 15.9. The molecule has 0 unspecified atom stereocenters. The summed E-state index contributed by atoms with van der Waals surface area (Å²) in [6.07, 6.45) is 0. The Balaban J connectivity index is 1.60. The van der Waals surface area contributed by atoms with Gasteiger partial charge >= 0.3 is 0 Å². The maximum Gasteiger partial charge on any atom is 0.251 e. The van der Waals surface area contributed by atoms with Crippen LogP contribution in [0.1, 0.15) is 22.8 Å². The van der Waals surface area contributed by atoms with Gasteiger partial charge in [0.2, 0.25) is 5.91 Å². The van der Waals surface area contributed by atoms with Crippen molar-refractivity contribution >= 4 is 17.5 Å². The quantitative estimate of drug-likeness (QED) is 0.904. The molecule has 2 amide bonds. The third kappa shape index (κ3) is 3.84. The van der Waals surface area contributed by atoms with E-state index in [-0.39, 0.29) is 11.8 Å². The lowest BCUT2D eigenvalue weighted by atomic mass is 10.1. The highest BCUT2D eigenvalue weighted by atomic mass is 16.6. The van der Waals surface area contributed by atoms with Crippen molar-refractivity contribution < 1.29 is 19.1 Å². The van der Waals surface area contributed by atoms with E-state index in [0.29, 0.717) is 36.8 Å². The number of anilines is 1. The van der Waals surface area contributed by atoms with Crippen molar-refractivity contribution in [3.8, 4) is 11.5 Å². The molecule has 6 nitrogen and oxygen atoms in total. The molecule has 0 aliphatic carbocycles. The summed E-state index contributed by atoms with van der Waals surface area (Å²) in [6, 6.07) is 12.4. The first-order valence-corrected chi connectivity index (χ1v) is 7.66. The zero-order valence-corrected chi connectivity index (χ0v) is 13.3. The number of fused-ring (bicyclic) bond motifs is 1. The lowest BCUT2D eigenvalue weighted by Crippen LogP contribution is -2.23. The van der Waals surface area contributed by atoms with E-state index >= 15 is 0 Å². The second-order valence-electron chi connectivity index (χ2n) is 5.42. The molecule has 1 heterocycles. The Kier molecular flexibility index (Phi) is 4.65.